The number of nitrogens with zero attached hydrogens (tertiary/aromatic N) is 4. The molecule has 0 saturated heterocycles. The highest BCUT2D eigenvalue weighted by atomic mass is 32.2. The van der Waals surface area contributed by atoms with Crippen molar-refractivity contribution in [2.45, 2.75) is 32.2 Å². The summed E-state index contributed by atoms with van der Waals surface area (Å²) in [5, 5.41) is 6.69. The summed E-state index contributed by atoms with van der Waals surface area (Å²) in [5.74, 6) is -0.204. The standard InChI is InChI=1S/C19H21F5N6O2S/c1-3-33-30(2)9-14(12-5-4-11(6-13(12)20)31-18(23)24)27-19-25-7-10(8-26-19)16-28-29-17(32-16)15(21)22/h4-8,14-15,17-18,29H,3,9H2,1-2H3,(H,25,26,27). The van der Waals surface area contributed by atoms with Crippen LogP contribution in [0.15, 0.2) is 35.7 Å². The summed E-state index contributed by atoms with van der Waals surface area (Å²) in [7, 11) is 1.82. The molecule has 3 rings (SSSR count). The van der Waals surface area contributed by atoms with Crippen LogP contribution >= 0.6 is 11.9 Å². The molecule has 0 fully saturated rings. The molecule has 0 bridgehead atoms. The number of rotatable bonds is 11. The average molecular weight is 492 g/mol. The SMILES string of the molecule is CCSN(C)CC(Nc1ncc(C2=NNC(C(F)F)O2)cn1)c1ccc(OC(F)F)cc1F. The second-order valence-corrected chi connectivity index (χ2v) is 8.16. The van der Waals surface area contributed by atoms with Crippen LogP contribution in [0.1, 0.15) is 24.1 Å². The third-order valence-corrected chi connectivity index (χ3v) is 5.17. The Morgan fingerprint density at radius 1 is 1.24 bits per heavy atom. The Bertz CT molecular complexity index is 953. The van der Waals surface area contributed by atoms with E-state index < -0.39 is 31.1 Å². The fraction of sp³-hybridized carbons (Fsp3) is 0.421. The maximum Gasteiger partial charge on any atom is 0.387 e. The van der Waals surface area contributed by atoms with Gasteiger partial charge in [-0.25, -0.2) is 23.1 Å². The van der Waals surface area contributed by atoms with Gasteiger partial charge in [-0.2, -0.15) is 8.78 Å². The van der Waals surface area contributed by atoms with Crippen molar-refractivity contribution in [2.24, 2.45) is 5.10 Å². The molecular weight excluding hydrogens is 471 g/mol. The Hall–Kier alpha value is -2.87. The van der Waals surface area contributed by atoms with Crippen LogP contribution in [-0.2, 0) is 4.74 Å². The minimum atomic E-state index is -3.07. The van der Waals surface area contributed by atoms with Crippen molar-refractivity contribution >= 4 is 23.8 Å². The van der Waals surface area contributed by atoms with Gasteiger partial charge in [0.2, 0.25) is 18.1 Å². The lowest BCUT2D eigenvalue weighted by atomic mass is 10.1. The first-order chi connectivity index (χ1) is 15.8. The number of nitrogens with one attached hydrogen (secondary N) is 2. The van der Waals surface area contributed by atoms with Gasteiger partial charge in [0.05, 0.1) is 11.6 Å². The number of benzene rings is 1. The molecule has 1 aromatic heterocycles. The molecule has 0 radical (unpaired) electrons. The van der Waals surface area contributed by atoms with Crippen LogP contribution in [-0.4, -0.2) is 58.8 Å². The predicted molar refractivity (Wildman–Crippen MR) is 113 cm³/mol. The smallest absolute Gasteiger partial charge is 0.387 e. The van der Waals surface area contributed by atoms with E-state index in [4.69, 9.17) is 4.74 Å². The fourth-order valence-electron chi connectivity index (χ4n) is 2.92. The van der Waals surface area contributed by atoms with Crippen molar-refractivity contribution in [2.75, 3.05) is 24.7 Å². The molecule has 2 N–H and O–H groups in total. The second-order valence-electron chi connectivity index (χ2n) is 6.70. The molecule has 1 aliphatic heterocycles. The first kappa shape index (κ1) is 24.8. The van der Waals surface area contributed by atoms with Crippen molar-refractivity contribution < 1.29 is 31.4 Å². The first-order valence-corrected chi connectivity index (χ1v) is 10.7. The molecule has 0 amide bonds. The summed E-state index contributed by atoms with van der Waals surface area (Å²) < 4.78 is 76.1. The summed E-state index contributed by atoms with van der Waals surface area (Å²) >= 11 is 1.51. The second kappa shape index (κ2) is 11.3. The molecule has 0 aliphatic carbocycles. The highest BCUT2D eigenvalue weighted by Gasteiger charge is 2.29. The van der Waals surface area contributed by atoms with Crippen molar-refractivity contribution in [1.29, 1.82) is 0 Å². The largest absolute Gasteiger partial charge is 0.444 e. The van der Waals surface area contributed by atoms with E-state index in [2.05, 4.69) is 30.5 Å². The predicted octanol–water partition coefficient (Wildman–Crippen LogP) is 3.84. The van der Waals surface area contributed by atoms with Gasteiger partial charge in [0.25, 0.3) is 6.43 Å². The van der Waals surface area contributed by atoms with Crippen LogP contribution in [0.5, 0.6) is 5.75 Å². The monoisotopic (exact) mass is 492 g/mol. The molecule has 0 spiro atoms. The summed E-state index contributed by atoms with van der Waals surface area (Å²) in [5.41, 5.74) is 2.63. The maximum atomic E-state index is 14.7. The van der Waals surface area contributed by atoms with E-state index in [-0.39, 0.29) is 28.7 Å². The molecule has 8 nitrogen and oxygen atoms in total. The van der Waals surface area contributed by atoms with E-state index >= 15 is 0 Å². The first-order valence-electron chi connectivity index (χ1n) is 9.72. The van der Waals surface area contributed by atoms with Gasteiger partial charge in [-0.1, -0.05) is 24.9 Å². The number of aromatic nitrogens is 2. The Kier molecular flexibility index (Phi) is 8.49. The Morgan fingerprint density at radius 2 is 1.97 bits per heavy atom. The lowest BCUT2D eigenvalue weighted by Gasteiger charge is -2.25. The van der Waals surface area contributed by atoms with Crippen LogP contribution < -0.4 is 15.5 Å². The number of hydrogen-bond donors (Lipinski definition) is 2. The summed E-state index contributed by atoms with van der Waals surface area (Å²) in [4.78, 5) is 8.26. The zero-order valence-corrected chi connectivity index (χ0v) is 18.3. The topological polar surface area (TPSA) is 83.9 Å². The van der Waals surface area contributed by atoms with Gasteiger partial charge in [-0.05, 0) is 13.1 Å². The Labute approximate surface area is 190 Å². The van der Waals surface area contributed by atoms with Crippen LogP contribution in [0.25, 0.3) is 0 Å². The molecule has 180 valence electrons. The molecule has 1 aliphatic rings. The minimum absolute atomic E-state index is 0.0804. The van der Waals surface area contributed by atoms with E-state index in [1.54, 1.807) is 0 Å². The van der Waals surface area contributed by atoms with E-state index in [9.17, 15) is 22.0 Å². The Balaban J connectivity index is 1.77. The van der Waals surface area contributed by atoms with Gasteiger partial charge >= 0.3 is 6.61 Å². The summed E-state index contributed by atoms with van der Waals surface area (Å²) in [6.07, 6.45) is -1.67. The molecule has 33 heavy (non-hydrogen) atoms. The van der Waals surface area contributed by atoms with Crippen molar-refractivity contribution in [3.8, 4) is 5.75 Å². The molecular formula is C19H21F5N6O2S. The van der Waals surface area contributed by atoms with Gasteiger partial charge in [-0.3, -0.25) is 9.73 Å². The number of halogens is 5. The van der Waals surface area contributed by atoms with Crippen molar-refractivity contribution in [3.63, 3.8) is 0 Å². The quantitative estimate of drug-likeness (QED) is 0.362. The molecule has 0 saturated carbocycles. The number of ether oxygens (including phenoxy) is 2. The number of hydrazone groups is 1. The van der Waals surface area contributed by atoms with E-state index in [1.807, 2.05) is 18.3 Å². The third-order valence-electron chi connectivity index (χ3n) is 4.32. The third kappa shape index (κ3) is 6.81. The lowest BCUT2D eigenvalue weighted by molar-refractivity contribution is -0.0500. The fourth-order valence-corrected chi connectivity index (χ4v) is 3.62. The molecule has 1 aromatic carbocycles. The lowest BCUT2D eigenvalue weighted by Crippen LogP contribution is -2.30. The normalized spacial score (nSPS) is 16.5. The highest BCUT2D eigenvalue weighted by molar-refractivity contribution is 7.96. The molecule has 2 aromatic rings. The maximum absolute atomic E-state index is 14.7. The van der Waals surface area contributed by atoms with Crippen LogP contribution in [0.4, 0.5) is 27.9 Å². The molecule has 2 unspecified atom stereocenters. The van der Waals surface area contributed by atoms with E-state index in [0.717, 1.165) is 11.8 Å². The van der Waals surface area contributed by atoms with Gasteiger partial charge in [0.15, 0.2) is 0 Å². The minimum Gasteiger partial charge on any atom is -0.444 e. The van der Waals surface area contributed by atoms with Crippen molar-refractivity contribution in [3.05, 3.63) is 47.5 Å². The average Bonchev–Trinajstić information content (AvgIpc) is 3.24. The van der Waals surface area contributed by atoms with Crippen molar-refractivity contribution in [1.82, 2.24) is 19.7 Å². The highest BCUT2D eigenvalue weighted by Crippen LogP contribution is 2.27. The number of alkyl halides is 4. The molecule has 2 atom stereocenters. The van der Waals surface area contributed by atoms with Gasteiger partial charge in [-0.15, -0.1) is 5.10 Å². The summed E-state index contributed by atoms with van der Waals surface area (Å²) in [6, 6.07) is 2.83. The molecule has 14 heteroatoms. The van der Waals surface area contributed by atoms with E-state index in [1.165, 1.54) is 36.5 Å². The number of anilines is 1. The Morgan fingerprint density at radius 3 is 2.55 bits per heavy atom. The summed E-state index contributed by atoms with van der Waals surface area (Å²) in [6.45, 7) is -0.780. The van der Waals surface area contributed by atoms with Gasteiger partial charge < -0.3 is 14.8 Å². The molecule has 2 heterocycles. The van der Waals surface area contributed by atoms with Crippen LogP contribution in [0.2, 0.25) is 0 Å². The van der Waals surface area contributed by atoms with Crippen LogP contribution in [0.3, 0.4) is 0 Å². The number of hydrogen-bond acceptors (Lipinski definition) is 9. The van der Waals surface area contributed by atoms with E-state index in [0.29, 0.717) is 6.54 Å². The zero-order chi connectivity index (χ0) is 24.0. The van der Waals surface area contributed by atoms with Gasteiger partial charge in [0.1, 0.15) is 11.6 Å². The van der Waals surface area contributed by atoms with Crippen LogP contribution in [0, 0.1) is 5.82 Å². The number of likely N-dealkylation sites (N-methyl/N-ethyl adjacent to an activating group) is 1. The van der Waals surface area contributed by atoms with Gasteiger partial charge in [0, 0.05) is 36.3 Å². The zero-order valence-electron chi connectivity index (χ0n) is 17.5.